The predicted molar refractivity (Wildman–Crippen MR) is 72.2 cm³/mol. The zero-order chi connectivity index (χ0) is 12.8. The molecule has 18 heavy (non-hydrogen) atoms. The van der Waals surface area contributed by atoms with Gasteiger partial charge in [-0.15, -0.1) is 5.10 Å². The fraction of sp³-hybridized carbons (Fsp3) is 0.429. The predicted octanol–water partition coefficient (Wildman–Crippen LogP) is 2.10. The van der Waals surface area contributed by atoms with Gasteiger partial charge >= 0.3 is 0 Å². The van der Waals surface area contributed by atoms with Crippen molar-refractivity contribution in [1.29, 1.82) is 0 Å². The summed E-state index contributed by atoms with van der Waals surface area (Å²) in [6, 6.07) is 10.9. The Bertz CT molecular complexity index is 464. The lowest BCUT2D eigenvalue weighted by molar-refractivity contribution is 0.489. The number of aryl methyl sites for hydroxylation is 2. The van der Waals surface area contributed by atoms with Crippen LogP contribution in [0.3, 0.4) is 0 Å². The topological polar surface area (TPSA) is 42.7 Å². The highest BCUT2D eigenvalue weighted by atomic mass is 15.4. The maximum atomic E-state index is 3.98. The van der Waals surface area contributed by atoms with Gasteiger partial charge in [-0.2, -0.15) is 0 Å². The van der Waals surface area contributed by atoms with Crippen molar-refractivity contribution in [2.45, 2.75) is 25.3 Å². The smallest absolute Gasteiger partial charge is 0.0753 e. The van der Waals surface area contributed by atoms with Crippen molar-refractivity contribution in [3.05, 3.63) is 47.8 Å². The highest BCUT2D eigenvalue weighted by Gasteiger charge is 2.13. The van der Waals surface area contributed by atoms with Crippen molar-refractivity contribution in [2.75, 3.05) is 7.05 Å². The molecule has 0 radical (unpaired) electrons. The van der Waals surface area contributed by atoms with Crippen molar-refractivity contribution in [3.8, 4) is 0 Å². The molecule has 0 saturated heterocycles. The Balaban J connectivity index is 1.87. The molecule has 1 N–H and O–H groups in total. The quantitative estimate of drug-likeness (QED) is 0.846. The first-order chi connectivity index (χ1) is 8.81. The lowest BCUT2D eigenvalue weighted by atomic mass is 10.0. The zero-order valence-electron chi connectivity index (χ0n) is 11.0. The van der Waals surface area contributed by atoms with Gasteiger partial charge in [0.1, 0.15) is 0 Å². The minimum Gasteiger partial charge on any atom is -0.312 e. The normalized spacial score (nSPS) is 12.6. The Morgan fingerprint density at radius 2 is 2.06 bits per heavy atom. The van der Waals surface area contributed by atoms with E-state index >= 15 is 0 Å². The van der Waals surface area contributed by atoms with E-state index in [1.54, 1.807) is 0 Å². The van der Waals surface area contributed by atoms with Crippen LogP contribution < -0.4 is 5.32 Å². The van der Waals surface area contributed by atoms with Crippen LogP contribution in [0, 0.1) is 0 Å². The van der Waals surface area contributed by atoms with Crippen molar-refractivity contribution >= 4 is 0 Å². The maximum Gasteiger partial charge on any atom is 0.0753 e. The van der Waals surface area contributed by atoms with E-state index in [0.29, 0.717) is 6.04 Å². The lowest BCUT2D eigenvalue weighted by Crippen LogP contribution is -2.19. The third kappa shape index (κ3) is 3.17. The monoisotopic (exact) mass is 244 g/mol. The summed E-state index contributed by atoms with van der Waals surface area (Å²) in [6.07, 6.45) is 5.20. The van der Waals surface area contributed by atoms with Gasteiger partial charge in [-0.25, -0.2) is 0 Å². The summed E-state index contributed by atoms with van der Waals surface area (Å²) in [6.45, 7) is 0. The molecule has 2 aromatic rings. The molecule has 0 spiro atoms. The first-order valence-corrected chi connectivity index (χ1v) is 6.37. The summed E-state index contributed by atoms with van der Waals surface area (Å²) in [7, 11) is 3.92. The van der Waals surface area contributed by atoms with E-state index in [0.717, 1.165) is 25.0 Å². The van der Waals surface area contributed by atoms with Crippen LogP contribution in [-0.2, 0) is 13.5 Å². The second kappa shape index (κ2) is 6.31. The highest BCUT2D eigenvalue weighted by Crippen LogP contribution is 2.17. The van der Waals surface area contributed by atoms with Crippen molar-refractivity contribution in [3.63, 3.8) is 0 Å². The second-order valence-corrected chi connectivity index (χ2v) is 4.50. The largest absolute Gasteiger partial charge is 0.312 e. The molecule has 1 heterocycles. The lowest BCUT2D eigenvalue weighted by Gasteiger charge is -2.15. The summed E-state index contributed by atoms with van der Waals surface area (Å²) < 4.78 is 1.84. The number of nitrogens with zero attached hydrogens (tertiary/aromatic N) is 3. The van der Waals surface area contributed by atoms with Crippen LogP contribution in [0.25, 0.3) is 0 Å². The van der Waals surface area contributed by atoms with Gasteiger partial charge in [0.2, 0.25) is 0 Å². The Labute approximate surface area is 108 Å². The molecule has 0 amide bonds. The Hall–Kier alpha value is -1.68. The van der Waals surface area contributed by atoms with Gasteiger partial charge in [-0.3, -0.25) is 4.68 Å². The van der Waals surface area contributed by atoms with E-state index < -0.39 is 0 Å². The molecule has 0 saturated carbocycles. The number of aromatic nitrogens is 3. The fourth-order valence-electron chi connectivity index (χ4n) is 2.21. The minimum atomic E-state index is 0.328. The molecule has 96 valence electrons. The summed E-state index contributed by atoms with van der Waals surface area (Å²) >= 11 is 0. The van der Waals surface area contributed by atoms with E-state index in [2.05, 4.69) is 46.0 Å². The standard InChI is InChI=1S/C14H20N4/c1-15-13(14-11-16-17-18(14)2)10-6-9-12-7-4-3-5-8-12/h3-5,7-8,11,13,15H,6,9-10H2,1-2H3. The molecule has 2 rings (SSSR count). The van der Waals surface area contributed by atoms with Crippen LogP contribution in [0.5, 0.6) is 0 Å². The van der Waals surface area contributed by atoms with Crippen LogP contribution in [0.1, 0.15) is 30.1 Å². The average molecular weight is 244 g/mol. The molecule has 4 heteroatoms. The average Bonchev–Trinajstić information content (AvgIpc) is 2.82. The van der Waals surface area contributed by atoms with Crippen LogP contribution >= 0.6 is 0 Å². The van der Waals surface area contributed by atoms with Gasteiger partial charge in [-0.1, -0.05) is 35.5 Å². The number of rotatable bonds is 6. The highest BCUT2D eigenvalue weighted by molar-refractivity contribution is 5.14. The van der Waals surface area contributed by atoms with E-state index in [1.165, 1.54) is 5.56 Å². The van der Waals surface area contributed by atoms with E-state index in [1.807, 2.05) is 25.0 Å². The molecule has 0 aliphatic rings. The van der Waals surface area contributed by atoms with Crippen LogP contribution in [-0.4, -0.2) is 22.0 Å². The summed E-state index contributed by atoms with van der Waals surface area (Å²) in [4.78, 5) is 0. The zero-order valence-corrected chi connectivity index (χ0v) is 11.0. The Morgan fingerprint density at radius 1 is 1.28 bits per heavy atom. The number of hydrogen-bond donors (Lipinski definition) is 1. The van der Waals surface area contributed by atoms with Crippen molar-refractivity contribution in [1.82, 2.24) is 20.3 Å². The third-order valence-electron chi connectivity index (χ3n) is 3.26. The van der Waals surface area contributed by atoms with Gasteiger partial charge in [0.05, 0.1) is 17.9 Å². The minimum absolute atomic E-state index is 0.328. The second-order valence-electron chi connectivity index (χ2n) is 4.50. The van der Waals surface area contributed by atoms with Gasteiger partial charge < -0.3 is 5.32 Å². The summed E-state index contributed by atoms with van der Waals surface area (Å²) in [5.41, 5.74) is 2.54. The van der Waals surface area contributed by atoms with E-state index in [-0.39, 0.29) is 0 Å². The van der Waals surface area contributed by atoms with Crippen LogP contribution in [0.2, 0.25) is 0 Å². The fourth-order valence-corrected chi connectivity index (χ4v) is 2.21. The summed E-state index contributed by atoms with van der Waals surface area (Å²) in [5, 5.41) is 11.2. The molecule has 4 nitrogen and oxygen atoms in total. The third-order valence-corrected chi connectivity index (χ3v) is 3.26. The SMILES string of the molecule is CNC(CCCc1ccccc1)c1cnnn1C. The molecule has 1 aromatic carbocycles. The molecule has 0 fully saturated rings. The van der Waals surface area contributed by atoms with Gasteiger partial charge in [-0.05, 0) is 31.9 Å². The molecule has 1 unspecified atom stereocenters. The van der Waals surface area contributed by atoms with Crippen molar-refractivity contribution < 1.29 is 0 Å². The van der Waals surface area contributed by atoms with Crippen LogP contribution in [0.15, 0.2) is 36.5 Å². The Morgan fingerprint density at radius 3 is 2.67 bits per heavy atom. The molecule has 1 atom stereocenters. The molecule has 1 aromatic heterocycles. The van der Waals surface area contributed by atoms with E-state index in [9.17, 15) is 0 Å². The Kier molecular flexibility index (Phi) is 4.47. The molecule has 0 aliphatic heterocycles. The first kappa shape index (κ1) is 12.8. The molecule has 0 bridgehead atoms. The number of hydrogen-bond acceptors (Lipinski definition) is 3. The number of benzene rings is 1. The summed E-state index contributed by atoms with van der Waals surface area (Å²) in [5.74, 6) is 0. The van der Waals surface area contributed by atoms with Gasteiger partial charge in [0.25, 0.3) is 0 Å². The first-order valence-electron chi connectivity index (χ1n) is 6.37. The molecule has 0 aliphatic carbocycles. The molecular formula is C14H20N4. The van der Waals surface area contributed by atoms with Crippen LogP contribution in [0.4, 0.5) is 0 Å². The van der Waals surface area contributed by atoms with E-state index in [4.69, 9.17) is 0 Å². The number of nitrogens with one attached hydrogen (secondary N) is 1. The molecular weight excluding hydrogens is 224 g/mol. The maximum absolute atomic E-state index is 3.98. The van der Waals surface area contributed by atoms with Crippen molar-refractivity contribution in [2.24, 2.45) is 7.05 Å². The van der Waals surface area contributed by atoms with Gasteiger partial charge in [0, 0.05) is 7.05 Å². The van der Waals surface area contributed by atoms with Gasteiger partial charge in [0.15, 0.2) is 0 Å².